The summed E-state index contributed by atoms with van der Waals surface area (Å²) in [7, 11) is 1.17. The van der Waals surface area contributed by atoms with Crippen LogP contribution in [0.25, 0.3) is 22.4 Å². The number of halogens is 4. The summed E-state index contributed by atoms with van der Waals surface area (Å²) in [5, 5.41) is 10.1. The van der Waals surface area contributed by atoms with Gasteiger partial charge in [-0.25, -0.2) is 32.5 Å². The van der Waals surface area contributed by atoms with Gasteiger partial charge in [0.25, 0.3) is 6.43 Å². The van der Waals surface area contributed by atoms with Crippen LogP contribution < -0.4 is 21.1 Å². The van der Waals surface area contributed by atoms with Gasteiger partial charge in [-0.15, -0.1) is 0 Å². The number of piperidine rings is 1. The van der Waals surface area contributed by atoms with Crippen molar-refractivity contribution in [2.24, 2.45) is 5.73 Å². The van der Waals surface area contributed by atoms with Gasteiger partial charge in [-0.05, 0) is 36.6 Å². The third-order valence-electron chi connectivity index (χ3n) is 6.96. The number of nitrogens with two attached hydrogens (primary N) is 2. The maximum atomic E-state index is 14.5. The van der Waals surface area contributed by atoms with Gasteiger partial charge in [0.15, 0.2) is 28.8 Å². The number of ether oxygens (including phenoxy) is 1. The molecule has 4 aromatic rings. The van der Waals surface area contributed by atoms with Crippen LogP contribution in [-0.4, -0.2) is 67.9 Å². The average Bonchev–Trinajstić information content (AvgIpc) is 3.32. The maximum Gasteiger partial charge on any atom is 0.265 e. The van der Waals surface area contributed by atoms with Gasteiger partial charge in [-0.2, -0.15) is 0 Å². The molecule has 0 aliphatic carbocycles. The zero-order chi connectivity index (χ0) is 27.9. The minimum absolute atomic E-state index is 0.0574. The fourth-order valence-corrected chi connectivity index (χ4v) is 4.97. The quantitative estimate of drug-likeness (QED) is 0.298. The molecule has 206 valence electrons. The molecule has 4 heterocycles. The summed E-state index contributed by atoms with van der Waals surface area (Å²) >= 11 is 0. The number of rotatable bonds is 7. The van der Waals surface area contributed by atoms with Crippen molar-refractivity contribution in [3.63, 3.8) is 0 Å². The molecule has 1 saturated heterocycles. The molecule has 0 saturated carbocycles. The van der Waals surface area contributed by atoms with E-state index in [0.717, 1.165) is 12.1 Å². The predicted molar refractivity (Wildman–Crippen MR) is 135 cm³/mol. The number of nitrogen functional groups attached to an aromatic ring is 1. The van der Waals surface area contributed by atoms with E-state index in [1.54, 1.807) is 15.5 Å². The van der Waals surface area contributed by atoms with Gasteiger partial charge in [0, 0.05) is 18.7 Å². The molecule has 0 spiro atoms. The van der Waals surface area contributed by atoms with Gasteiger partial charge in [-0.3, -0.25) is 4.98 Å². The van der Waals surface area contributed by atoms with Crippen LogP contribution in [0.1, 0.15) is 18.4 Å². The highest BCUT2D eigenvalue weighted by Crippen LogP contribution is 2.34. The Balaban J connectivity index is 1.59. The second-order valence-electron chi connectivity index (χ2n) is 9.51. The first-order valence-electron chi connectivity index (χ1n) is 12.0. The largest absolute Gasteiger partial charge is 0.491 e. The Morgan fingerprint density at radius 1 is 1.13 bits per heavy atom. The lowest BCUT2D eigenvalue weighted by molar-refractivity contribution is -0.0529. The first-order chi connectivity index (χ1) is 18.6. The first-order valence-corrected chi connectivity index (χ1v) is 12.0. The molecule has 14 heteroatoms. The number of pyridine rings is 1. The molecule has 2 atom stereocenters. The highest BCUT2D eigenvalue weighted by molar-refractivity contribution is 5.81. The van der Waals surface area contributed by atoms with E-state index in [9.17, 15) is 22.7 Å². The lowest BCUT2D eigenvalue weighted by Crippen LogP contribution is -2.63. The SMILES string of the molecule is COc1c(F)cc(-c2cc(Cn3cnc4c(N)ncnc43)c(N3CCC[C@](N)([C@@H](O)C(F)F)C3)cn2)cc1F. The van der Waals surface area contributed by atoms with Crippen molar-refractivity contribution in [3.8, 4) is 17.0 Å². The molecule has 1 aromatic carbocycles. The van der Waals surface area contributed by atoms with E-state index < -0.39 is 35.5 Å². The van der Waals surface area contributed by atoms with Crippen molar-refractivity contribution < 1.29 is 27.4 Å². The van der Waals surface area contributed by atoms with Gasteiger partial charge in [0.1, 0.15) is 17.9 Å². The van der Waals surface area contributed by atoms with Crippen LogP contribution in [0.15, 0.2) is 37.1 Å². The second kappa shape index (κ2) is 10.3. The molecular weight excluding hydrogens is 520 g/mol. The van der Waals surface area contributed by atoms with Crippen molar-refractivity contribution in [3.05, 3.63) is 54.2 Å². The maximum absolute atomic E-state index is 14.5. The van der Waals surface area contributed by atoms with Crippen LogP contribution in [0.4, 0.5) is 29.1 Å². The highest BCUT2D eigenvalue weighted by atomic mass is 19.3. The Bertz CT molecular complexity index is 1490. The minimum atomic E-state index is -3.00. The van der Waals surface area contributed by atoms with Gasteiger partial charge < -0.3 is 30.8 Å². The van der Waals surface area contributed by atoms with Gasteiger partial charge >= 0.3 is 0 Å². The molecule has 39 heavy (non-hydrogen) atoms. The first kappa shape index (κ1) is 26.6. The Morgan fingerprint density at radius 3 is 2.56 bits per heavy atom. The number of hydrogen-bond acceptors (Lipinski definition) is 9. The molecule has 0 radical (unpaired) electrons. The fourth-order valence-electron chi connectivity index (χ4n) is 4.97. The van der Waals surface area contributed by atoms with E-state index in [1.807, 2.05) is 0 Å². The number of nitrogens with zero attached hydrogens (tertiary/aromatic N) is 6. The molecular formula is C25H26F4N8O2. The number of benzene rings is 1. The van der Waals surface area contributed by atoms with E-state index >= 15 is 0 Å². The zero-order valence-corrected chi connectivity index (χ0v) is 20.9. The monoisotopic (exact) mass is 546 g/mol. The minimum Gasteiger partial charge on any atom is -0.491 e. The Hall–Kier alpha value is -4.04. The Labute approximate surface area is 220 Å². The van der Waals surface area contributed by atoms with E-state index in [1.165, 1.54) is 26.0 Å². The summed E-state index contributed by atoms with van der Waals surface area (Å²) in [4.78, 5) is 18.7. The number of aliphatic hydroxyl groups excluding tert-OH is 1. The molecule has 1 fully saturated rings. The van der Waals surface area contributed by atoms with Gasteiger partial charge in [0.05, 0.1) is 43.1 Å². The number of hydrogen-bond donors (Lipinski definition) is 3. The number of fused-ring (bicyclic) bond motifs is 1. The Kier molecular flexibility index (Phi) is 6.99. The smallest absolute Gasteiger partial charge is 0.265 e. The van der Waals surface area contributed by atoms with Crippen LogP contribution in [-0.2, 0) is 6.54 Å². The summed E-state index contributed by atoms with van der Waals surface area (Å²) < 4.78 is 62.2. The van der Waals surface area contributed by atoms with Crippen molar-refractivity contribution >= 4 is 22.7 Å². The number of alkyl halides is 2. The van der Waals surface area contributed by atoms with Crippen molar-refractivity contribution in [1.82, 2.24) is 24.5 Å². The van der Waals surface area contributed by atoms with Crippen LogP contribution >= 0.6 is 0 Å². The number of anilines is 2. The molecule has 10 nitrogen and oxygen atoms in total. The van der Waals surface area contributed by atoms with Gasteiger partial charge in [-0.1, -0.05) is 0 Å². The summed E-state index contributed by atoms with van der Waals surface area (Å²) in [6.07, 6.45) is -0.0342. The van der Waals surface area contributed by atoms with Crippen molar-refractivity contribution in [2.45, 2.75) is 37.5 Å². The van der Waals surface area contributed by atoms with Crippen LogP contribution in [0.2, 0.25) is 0 Å². The molecule has 1 aliphatic heterocycles. The lowest BCUT2D eigenvalue weighted by Gasteiger charge is -2.44. The molecule has 0 amide bonds. The normalized spacial score (nSPS) is 18.6. The van der Waals surface area contributed by atoms with Crippen LogP contribution in [0, 0.1) is 11.6 Å². The second-order valence-corrected chi connectivity index (χ2v) is 9.51. The van der Waals surface area contributed by atoms with Crippen LogP contribution in [0.3, 0.4) is 0 Å². The Morgan fingerprint density at radius 2 is 1.87 bits per heavy atom. The molecule has 3 aromatic heterocycles. The summed E-state index contributed by atoms with van der Waals surface area (Å²) in [6.45, 7) is 0.580. The van der Waals surface area contributed by atoms with Crippen LogP contribution in [0.5, 0.6) is 5.75 Å². The summed E-state index contributed by atoms with van der Waals surface area (Å²) in [5.74, 6) is -2.10. The zero-order valence-electron chi connectivity index (χ0n) is 20.9. The third-order valence-corrected chi connectivity index (χ3v) is 6.96. The summed E-state index contributed by atoms with van der Waals surface area (Å²) in [5.41, 5.74) is 13.1. The number of aromatic nitrogens is 5. The third kappa shape index (κ3) is 4.92. The predicted octanol–water partition coefficient (Wildman–Crippen LogP) is 2.73. The molecule has 1 aliphatic rings. The molecule has 0 unspecified atom stereocenters. The summed E-state index contributed by atoms with van der Waals surface area (Å²) in [6, 6.07) is 3.86. The highest BCUT2D eigenvalue weighted by Gasteiger charge is 2.43. The molecule has 5 N–H and O–H groups in total. The number of aliphatic hydroxyl groups is 1. The fraction of sp³-hybridized carbons (Fsp3) is 0.360. The standard InChI is InChI=1S/C25H26F4N8O2/c1-39-20-15(26)5-13(6-16(20)27)17-7-14(9-37-12-35-19-23(30)33-11-34-24(19)37)18(8-32-17)36-4-2-3-25(31,10-36)21(38)22(28)29/h5-8,11-12,21-22,38H,2-4,9-10,31H2,1H3,(H2,30,33,34)/t21-,25+/m0/s1. The van der Waals surface area contributed by atoms with Crippen molar-refractivity contribution in [2.75, 3.05) is 30.8 Å². The van der Waals surface area contributed by atoms with E-state index in [-0.39, 0.29) is 36.6 Å². The molecule has 5 rings (SSSR count). The van der Waals surface area contributed by atoms with Crippen molar-refractivity contribution in [1.29, 1.82) is 0 Å². The van der Waals surface area contributed by atoms with E-state index in [0.29, 0.717) is 35.4 Å². The topological polar surface area (TPSA) is 141 Å². The van der Waals surface area contributed by atoms with E-state index in [4.69, 9.17) is 16.2 Å². The average molecular weight is 547 g/mol. The van der Waals surface area contributed by atoms with E-state index in [2.05, 4.69) is 19.9 Å². The number of imidazole rings is 1. The number of methoxy groups -OCH3 is 1. The molecule has 0 bridgehead atoms. The van der Waals surface area contributed by atoms with Gasteiger partial charge in [0.2, 0.25) is 0 Å². The lowest BCUT2D eigenvalue weighted by atomic mass is 9.84.